The molecular formula is C27H41N3O7. The number of β-amino-alcohol motifs (C(OH)–C–C–N with tert-alkyl or cyclic N) is 1. The van der Waals surface area contributed by atoms with E-state index in [0.717, 1.165) is 32.4 Å². The fraction of sp³-hybridized carbons (Fsp3) is 0.741. The van der Waals surface area contributed by atoms with Crippen molar-refractivity contribution in [3.05, 3.63) is 25.3 Å². The number of hydrogen-bond acceptors (Lipinski definition) is 8. The van der Waals surface area contributed by atoms with E-state index >= 15 is 0 Å². The summed E-state index contributed by atoms with van der Waals surface area (Å²) in [4.78, 5) is 46.3. The van der Waals surface area contributed by atoms with E-state index in [0.29, 0.717) is 45.7 Å². The number of nitrogens with zero attached hydrogens (tertiary/aromatic N) is 3. The van der Waals surface area contributed by atoms with Crippen molar-refractivity contribution in [2.24, 2.45) is 11.8 Å². The zero-order valence-electron chi connectivity index (χ0n) is 21.7. The summed E-state index contributed by atoms with van der Waals surface area (Å²) in [6.07, 6.45) is 6.61. The Kier molecular flexibility index (Phi) is 9.39. The van der Waals surface area contributed by atoms with Gasteiger partial charge in [0.2, 0.25) is 11.8 Å². The molecule has 4 fully saturated rings. The van der Waals surface area contributed by atoms with E-state index < -0.39 is 35.6 Å². The number of allylic oxidation sites excluding steroid dienone is 1. The SMILES string of the molecule is C=CCCCCOC(=O)[C@@H]1[C@@H]2CCC3(O2)C(C(=O)N(CC=C)CCN2CCOCC2)N(CCO)C(=O)[C@H]13. The van der Waals surface area contributed by atoms with Crippen molar-refractivity contribution in [1.29, 1.82) is 0 Å². The Labute approximate surface area is 219 Å². The summed E-state index contributed by atoms with van der Waals surface area (Å²) in [5.74, 6) is -2.49. The summed E-state index contributed by atoms with van der Waals surface area (Å²) >= 11 is 0. The zero-order valence-corrected chi connectivity index (χ0v) is 21.7. The van der Waals surface area contributed by atoms with Crippen molar-refractivity contribution in [3.8, 4) is 0 Å². The van der Waals surface area contributed by atoms with Crippen LogP contribution in [0.5, 0.6) is 0 Å². The maximum atomic E-state index is 14.1. The van der Waals surface area contributed by atoms with Gasteiger partial charge in [-0.25, -0.2) is 0 Å². The van der Waals surface area contributed by atoms with Gasteiger partial charge in [-0.15, -0.1) is 13.2 Å². The van der Waals surface area contributed by atoms with Gasteiger partial charge in [0.15, 0.2) is 0 Å². The van der Waals surface area contributed by atoms with E-state index in [4.69, 9.17) is 14.2 Å². The van der Waals surface area contributed by atoms with Crippen molar-refractivity contribution >= 4 is 17.8 Å². The summed E-state index contributed by atoms with van der Waals surface area (Å²) in [7, 11) is 0. The van der Waals surface area contributed by atoms with E-state index in [2.05, 4.69) is 18.1 Å². The predicted molar refractivity (Wildman–Crippen MR) is 135 cm³/mol. The molecule has 0 aromatic heterocycles. The lowest BCUT2D eigenvalue weighted by molar-refractivity contribution is -0.155. The van der Waals surface area contributed by atoms with Crippen LogP contribution in [-0.4, -0.2) is 121 Å². The summed E-state index contributed by atoms with van der Waals surface area (Å²) < 4.78 is 17.4. The highest BCUT2D eigenvalue weighted by Crippen LogP contribution is 2.58. The molecule has 10 nitrogen and oxygen atoms in total. The van der Waals surface area contributed by atoms with Gasteiger partial charge in [-0.2, -0.15) is 0 Å². The van der Waals surface area contributed by atoms with Crippen LogP contribution in [0, 0.1) is 11.8 Å². The maximum Gasteiger partial charge on any atom is 0.312 e. The van der Waals surface area contributed by atoms with Crippen molar-refractivity contribution < 1.29 is 33.7 Å². The molecule has 10 heteroatoms. The Morgan fingerprint density at radius 1 is 1.19 bits per heavy atom. The number of aliphatic hydroxyl groups excluding tert-OH is 1. The first-order valence-electron chi connectivity index (χ1n) is 13.5. The minimum absolute atomic E-state index is 0.0101. The highest BCUT2D eigenvalue weighted by atomic mass is 16.6. The molecule has 0 aliphatic carbocycles. The highest BCUT2D eigenvalue weighted by Gasteiger charge is 2.75. The largest absolute Gasteiger partial charge is 0.465 e. The number of fused-ring (bicyclic) bond motifs is 1. The minimum Gasteiger partial charge on any atom is -0.465 e. The number of morpholine rings is 1. The number of aliphatic hydroxyl groups is 1. The van der Waals surface area contributed by atoms with E-state index in [9.17, 15) is 19.5 Å². The van der Waals surface area contributed by atoms with Gasteiger partial charge in [0.1, 0.15) is 11.6 Å². The van der Waals surface area contributed by atoms with Crippen LogP contribution >= 0.6 is 0 Å². The summed E-state index contributed by atoms with van der Waals surface area (Å²) in [6.45, 7) is 12.0. The molecule has 0 aromatic rings. The fourth-order valence-corrected chi connectivity index (χ4v) is 6.42. The van der Waals surface area contributed by atoms with E-state index in [1.807, 2.05) is 6.08 Å². The number of amides is 2. The molecule has 4 rings (SSSR count). The monoisotopic (exact) mass is 519 g/mol. The van der Waals surface area contributed by atoms with Crippen LogP contribution in [0.15, 0.2) is 25.3 Å². The van der Waals surface area contributed by atoms with Crippen molar-refractivity contribution in [1.82, 2.24) is 14.7 Å². The molecular weight excluding hydrogens is 478 g/mol. The fourth-order valence-electron chi connectivity index (χ4n) is 6.42. The van der Waals surface area contributed by atoms with Crippen LogP contribution in [-0.2, 0) is 28.6 Å². The third kappa shape index (κ3) is 5.48. The van der Waals surface area contributed by atoms with Crippen LogP contribution in [0.3, 0.4) is 0 Å². The van der Waals surface area contributed by atoms with Gasteiger partial charge in [0, 0.05) is 39.3 Å². The van der Waals surface area contributed by atoms with Gasteiger partial charge in [0.25, 0.3) is 0 Å². The van der Waals surface area contributed by atoms with Crippen LogP contribution in [0.2, 0.25) is 0 Å². The molecule has 2 bridgehead atoms. The summed E-state index contributed by atoms with van der Waals surface area (Å²) in [5.41, 5.74) is -1.08. The first-order chi connectivity index (χ1) is 18.0. The van der Waals surface area contributed by atoms with Gasteiger partial charge in [0.05, 0.1) is 44.4 Å². The van der Waals surface area contributed by atoms with Crippen molar-refractivity contribution in [3.63, 3.8) is 0 Å². The first-order valence-corrected chi connectivity index (χ1v) is 13.5. The highest BCUT2D eigenvalue weighted by molar-refractivity contribution is 5.98. The molecule has 2 unspecified atom stereocenters. The van der Waals surface area contributed by atoms with Gasteiger partial charge < -0.3 is 29.1 Å². The molecule has 37 heavy (non-hydrogen) atoms. The lowest BCUT2D eigenvalue weighted by Gasteiger charge is -2.37. The zero-order chi connectivity index (χ0) is 26.4. The number of rotatable bonds is 14. The smallest absolute Gasteiger partial charge is 0.312 e. The lowest BCUT2D eigenvalue weighted by atomic mass is 9.70. The second-order valence-corrected chi connectivity index (χ2v) is 10.3. The standard InChI is InChI=1S/C27H41N3O7/c1-3-5-6-7-17-36-26(34)21-20-8-9-27(37-20)22(21)24(32)30(13-16-31)23(27)25(33)29(10-4-2)12-11-28-14-18-35-19-15-28/h3-4,20-23,31H,1-2,5-19H2/t20-,21+,22-,23?,27?/m0/s1. The summed E-state index contributed by atoms with van der Waals surface area (Å²) in [5, 5.41) is 9.76. The molecule has 4 saturated heterocycles. The summed E-state index contributed by atoms with van der Waals surface area (Å²) in [6, 6.07) is -0.891. The number of hydrogen-bond donors (Lipinski definition) is 1. The van der Waals surface area contributed by atoms with E-state index in [1.54, 1.807) is 11.0 Å². The average molecular weight is 520 g/mol. The number of carbonyl (C=O) groups excluding carboxylic acids is 3. The van der Waals surface area contributed by atoms with E-state index in [-0.39, 0.29) is 31.6 Å². The second-order valence-electron chi connectivity index (χ2n) is 10.3. The molecule has 2 amide bonds. The van der Waals surface area contributed by atoms with Crippen molar-refractivity contribution in [2.45, 2.75) is 49.9 Å². The average Bonchev–Trinajstić information content (AvgIpc) is 3.54. The third-order valence-corrected chi connectivity index (χ3v) is 8.15. The predicted octanol–water partition coefficient (Wildman–Crippen LogP) is 0.600. The Bertz CT molecular complexity index is 861. The molecule has 0 aromatic carbocycles. The molecule has 4 aliphatic heterocycles. The van der Waals surface area contributed by atoms with Crippen LogP contribution < -0.4 is 0 Å². The molecule has 5 atom stereocenters. The molecule has 0 saturated carbocycles. The topological polar surface area (TPSA) is 109 Å². The van der Waals surface area contributed by atoms with Gasteiger partial charge >= 0.3 is 5.97 Å². The third-order valence-electron chi connectivity index (χ3n) is 8.15. The number of likely N-dealkylation sites (tertiary alicyclic amines) is 1. The number of unbranched alkanes of at least 4 members (excludes halogenated alkanes) is 2. The maximum absolute atomic E-state index is 14.1. The van der Waals surface area contributed by atoms with Crippen molar-refractivity contribution in [2.75, 3.05) is 65.7 Å². The van der Waals surface area contributed by atoms with Gasteiger partial charge in [-0.05, 0) is 32.1 Å². The van der Waals surface area contributed by atoms with Crippen LogP contribution in [0.25, 0.3) is 0 Å². The lowest BCUT2D eigenvalue weighted by Crippen LogP contribution is -2.57. The molecule has 1 N–H and O–H groups in total. The number of carbonyl (C=O) groups is 3. The van der Waals surface area contributed by atoms with Gasteiger partial charge in [-0.3, -0.25) is 19.3 Å². The minimum atomic E-state index is -1.08. The molecule has 1 spiro atoms. The number of esters is 1. The molecule has 4 heterocycles. The quantitative estimate of drug-likeness (QED) is 0.202. The Morgan fingerprint density at radius 3 is 2.68 bits per heavy atom. The molecule has 206 valence electrons. The first kappa shape index (κ1) is 27.8. The van der Waals surface area contributed by atoms with E-state index in [1.165, 1.54) is 4.90 Å². The second kappa shape index (κ2) is 12.5. The molecule has 0 radical (unpaired) electrons. The normalized spacial score (nSPS) is 30.8. The van der Waals surface area contributed by atoms with Gasteiger partial charge in [-0.1, -0.05) is 12.2 Å². The Balaban J connectivity index is 1.52. The number of ether oxygens (including phenoxy) is 3. The van der Waals surface area contributed by atoms with Crippen LogP contribution in [0.1, 0.15) is 32.1 Å². The Morgan fingerprint density at radius 2 is 1.97 bits per heavy atom. The Hall–Kier alpha value is -2.27. The van der Waals surface area contributed by atoms with Crippen LogP contribution in [0.4, 0.5) is 0 Å². The molecule has 4 aliphatic rings.